The van der Waals surface area contributed by atoms with Crippen LogP contribution in [-0.2, 0) is 11.2 Å². The lowest BCUT2D eigenvalue weighted by Crippen LogP contribution is -2.20. The summed E-state index contributed by atoms with van der Waals surface area (Å²) in [5, 5.41) is 3.50. The van der Waals surface area contributed by atoms with E-state index in [1.165, 1.54) is 11.8 Å². The molecule has 1 atom stereocenters. The molecule has 1 aliphatic carbocycles. The Balaban J connectivity index is 1.55. The van der Waals surface area contributed by atoms with Gasteiger partial charge in [0.1, 0.15) is 0 Å². The maximum Gasteiger partial charge on any atom is 0.264 e. The highest BCUT2D eigenvalue weighted by Crippen LogP contribution is 2.28. The van der Waals surface area contributed by atoms with E-state index in [0.29, 0.717) is 22.5 Å². The molecule has 0 bridgehead atoms. The van der Waals surface area contributed by atoms with Crippen LogP contribution in [-0.4, -0.2) is 40.8 Å². The zero-order valence-electron chi connectivity index (χ0n) is 15.3. The Kier molecular flexibility index (Phi) is 6.98. The minimum atomic E-state index is -0.0787. The maximum atomic E-state index is 12.2. The predicted octanol–water partition coefficient (Wildman–Crippen LogP) is 3.20. The summed E-state index contributed by atoms with van der Waals surface area (Å²) in [7, 11) is 1.76. The van der Waals surface area contributed by atoms with Crippen molar-refractivity contribution in [1.82, 2.24) is 15.3 Å². The Morgan fingerprint density at radius 2 is 2.37 bits per heavy atom. The van der Waals surface area contributed by atoms with Gasteiger partial charge in [-0.05, 0) is 48.2 Å². The van der Waals surface area contributed by atoms with Gasteiger partial charge in [-0.1, -0.05) is 24.3 Å². The van der Waals surface area contributed by atoms with Crippen LogP contribution in [0.15, 0.2) is 69.4 Å². The summed E-state index contributed by atoms with van der Waals surface area (Å²) >= 11 is 1.40. The smallest absolute Gasteiger partial charge is 0.264 e. The molecule has 1 fully saturated rings. The van der Waals surface area contributed by atoms with Gasteiger partial charge in [-0.15, -0.1) is 0 Å². The van der Waals surface area contributed by atoms with E-state index in [0.717, 1.165) is 30.5 Å². The molecule has 7 heteroatoms. The lowest BCUT2D eigenvalue weighted by atomic mass is 10.0. The Hall–Kier alpha value is -2.67. The highest BCUT2D eigenvalue weighted by molar-refractivity contribution is 8.18. The number of carbonyl (C=O) groups excluding carboxylic acids is 1. The number of hydrogen-bond acceptors (Lipinski definition) is 5. The Morgan fingerprint density at radius 1 is 1.44 bits per heavy atom. The van der Waals surface area contributed by atoms with Crippen molar-refractivity contribution in [3.8, 4) is 0 Å². The van der Waals surface area contributed by atoms with Crippen LogP contribution in [0, 0.1) is 5.92 Å². The van der Waals surface area contributed by atoms with Crippen LogP contribution in [0.1, 0.15) is 18.5 Å². The first-order valence-electron chi connectivity index (χ1n) is 8.93. The third-order valence-corrected chi connectivity index (χ3v) is 5.13. The molecule has 3 rings (SSSR count). The Labute approximate surface area is 163 Å². The quantitative estimate of drug-likeness (QED) is 0.586. The second kappa shape index (κ2) is 9.87. The Morgan fingerprint density at radius 3 is 3.19 bits per heavy atom. The molecular formula is C20H23N5OS. The van der Waals surface area contributed by atoms with Crippen molar-refractivity contribution in [1.29, 1.82) is 0 Å². The summed E-state index contributed by atoms with van der Waals surface area (Å²) in [5.41, 5.74) is 2.19. The minimum absolute atomic E-state index is 0.0787. The van der Waals surface area contributed by atoms with Gasteiger partial charge >= 0.3 is 0 Å². The van der Waals surface area contributed by atoms with Crippen molar-refractivity contribution in [2.24, 2.45) is 15.9 Å². The van der Waals surface area contributed by atoms with Gasteiger partial charge in [0.25, 0.3) is 5.91 Å². The highest BCUT2D eigenvalue weighted by atomic mass is 32.2. The number of aromatic nitrogens is 2. The van der Waals surface area contributed by atoms with Gasteiger partial charge in [0.05, 0.1) is 11.2 Å². The predicted molar refractivity (Wildman–Crippen MR) is 112 cm³/mol. The molecule has 1 aromatic heterocycles. The number of aliphatic imine (C=N–C) groups is 2. The topological polar surface area (TPSA) is 82.5 Å². The van der Waals surface area contributed by atoms with Gasteiger partial charge in [0.15, 0.2) is 5.17 Å². The van der Waals surface area contributed by atoms with Crippen LogP contribution in [0.5, 0.6) is 0 Å². The first kappa shape index (κ1) is 19.1. The van der Waals surface area contributed by atoms with Crippen LogP contribution in [0.2, 0.25) is 0 Å². The summed E-state index contributed by atoms with van der Waals surface area (Å²) in [4.78, 5) is 28.4. The second-order valence-electron chi connectivity index (χ2n) is 6.20. The zero-order chi connectivity index (χ0) is 18.9. The number of H-pyrrole nitrogens is 1. The van der Waals surface area contributed by atoms with Crippen molar-refractivity contribution in [2.75, 3.05) is 13.6 Å². The average molecular weight is 382 g/mol. The molecule has 2 heterocycles. The van der Waals surface area contributed by atoms with E-state index in [1.807, 2.05) is 12.2 Å². The SMILES string of the molecule is CN=C/C=C\C1C=CC=C(/C=C2\SC(=NCCc3cnc[nH]3)NC2=O)CC1. The largest absolute Gasteiger partial charge is 0.348 e. The number of aromatic amines is 1. The molecule has 0 saturated carbocycles. The number of imidazole rings is 1. The number of thioether (sulfide) groups is 1. The molecule has 0 spiro atoms. The Bertz CT molecular complexity index is 831. The van der Waals surface area contributed by atoms with E-state index < -0.39 is 0 Å². The van der Waals surface area contributed by atoms with Crippen molar-refractivity contribution in [3.63, 3.8) is 0 Å². The van der Waals surface area contributed by atoms with Crippen molar-refractivity contribution in [2.45, 2.75) is 19.3 Å². The van der Waals surface area contributed by atoms with Crippen LogP contribution < -0.4 is 5.32 Å². The number of nitrogens with one attached hydrogen (secondary N) is 2. The average Bonchev–Trinajstić information content (AvgIpc) is 3.23. The highest BCUT2D eigenvalue weighted by Gasteiger charge is 2.23. The van der Waals surface area contributed by atoms with E-state index in [1.54, 1.807) is 25.8 Å². The normalized spacial score (nSPS) is 23.5. The number of carbonyl (C=O) groups is 1. The minimum Gasteiger partial charge on any atom is -0.348 e. The number of hydrogen-bond donors (Lipinski definition) is 2. The van der Waals surface area contributed by atoms with Gasteiger partial charge in [0.2, 0.25) is 0 Å². The molecule has 1 amide bonds. The molecular weight excluding hydrogens is 358 g/mol. The molecule has 6 nitrogen and oxygen atoms in total. The summed E-state index contributed by atoms with van der Waals surface area (Å²) < 4.78 is 0. The third kappa shape index (κ3) is 5.92. The molecule has 1 aliphatic heterocycles. The molecule has 0 aromatic carbocycles. The van der Waals surface area contributed by atoms with Crippen molar-refractivity contribution >= 4 is 29.1 Å². The van der Waals surface area contributed by atoms with Gasteiger partial charge < -0.3 is 10.3 Å². The lowest BCUT2D eigenvalue weighted by molar-refractivity contribution is -0.115. The van der Waals surface area contributed by atoms with Crippen LogP contribution in [0.25, 0.3) is 0 Å². The summed E-state index contributed by atoms with van der Waals surface area (Å²) in [6, 6.07) is 0. The number of allylic oxidation sites excluding steroid dienone is 7. The monoisotopic (exact) mass is 381 g/mol. The molecule has 1 unspecified atom stereocenters. The number of amides is 1. The van der Waals surface area contributed by atoms with Gasteiger partial charge in [0, 0.05) is 38.1 Å². The maximum absolute atomic E-state index is 12.2. The van der Waals surface area contributed by atoms with Crippen molar-refractivity contribution < 1.29 is 4.79 Å². The number of amidine groups is 1. The lowest BCUT2D eigenvalue weighted by Gasteiger charge is -2.05. The molecule has 0 radical (unpaired) electrons. The third-order valence-electron chi connectivity index (χ3n) is 4.19. The zero-order valence-corrected chi connectivity index (χ0v) is 16.1. The van der Waals surface area contributed by atoms with E-state index >= 15 is 0 Å². The van der Waals surface area contributed by atoms with Crippen LogP contribution >= 0.6 is 11.8 Å². The van der Waals surface area contributed by atoms with Crippen LogP contribution in [0.3, 0.4) is 0 Å². The van der Waals surface area contributed by atoms with E-state index in [-0.39, 0.29) is 5.91 Å². The number of nitrogens with zero attached hydrogens (tertiary/aromatic N) is 3. The fourth-order valence-electron chi connectivity index (χ4n) is 2.76. The molecule has 1 aromatic rings. The summed E-state index contributed by atoms with van der Waals surface area (Å²) in [6.45, 7) is 0.610. The second-order valence-corrected chi connectivity index (χ2v) is 7.23. The van der Waals surface area contributed by atoms with Gasteiger partial charge in [-0.2, -0.15) is 0 Å². The summed E-state index contributed by atoms with van der Waals surface area (Å²) in [5.74, 6) is 0.310. The van der Waals surface area contributed by atoms with Gasteiger partial charge in [-0.25, -0.2) is 4.98 Å². The van der Waals surface area contributed by atoms with E-state index in [4.69, 9.17) is 0 Å². The first-order valence-corrected chi connectivity index (χ1v) is 9.75. The van der Waals surface area contributed by atoms with Crippen LogP contribution in [0.4, 0.5) is 0 Å². The fourth-order valence-corrected chi connectivity index (χ4v) is 3.63. The van der Waals surface area contributed by atoms with E-state index in [9.17, 15) is 4.79 Å². The first-order chi connectivity index (χ1) is 13.2. The number of rotatable bonds is 6. The molecule has 27 heavy (non-hydrogen) atoms. The summed E-state index contributed by atoms with van der Waals surface area (Å²) in [6.07, 6.45) is 20.4. The standard InChI is InChI=1S/C20H23N5OS/c1-21-10-3-6-15-4-2-5-16(8-7-15)12-18-19(26)25-20(27-18)23-11-9-17-13-22-14-24-17/h2-6,10,12-15H,7-9,11H2,1H3,(H,22,24)(H,23,25,26)/b6-3-,18-12-,21-10?. The molecule has 1 saturated heterocycles. The molecule has 140 valence electrons. The fraction of sp³-hybridized carbons (Fsp3) is 0.300. The molecule has 2 aliphatic rings. The van der Waals surface area contributed by atoms with E-state index in [2.05, 4.69) is 49.6 Å². The van der Waals surface area contributed by atoms with Crippen molar-refractivity contribution in [3.05, 3.63) is 65.2 Å². The van der Waals surface area contributed by atoms with Gasteiger partial charge in [-0.3, -0.25) is 14.8 Å². The molecule has 2 N–H and O–H groups in total.